The van der Waals surface area contributed by atoms with E-state index in [-0.39, 0.29) is 5.88 Å². The third kappa shape index (κ3) is 1.84. The van der Waals surface area contributed by atoms with Gasteiger partial charge in [-0.25, -0.2) is 0 Å². The summed E-state index contributed by atoms with van der Waals surface area (Å²) in [4.78, 5) is 0. The summed E-state index contributed by atoms with van der Waals surface area (Å²) in [7, 11) is 0. The van der Waals surface area contributed by atoms with Crippen molar-refractivity contribution in [3.63, 3.8) is 0 Å². The van der Waals surface area contributed by atoms with Crippen LogP contribution in [-0.2, 0) is 0 Å². The van der Waals surface area contributed by atoms with Gasteiger partial charge in [-0.15, -0.1) is 11.6 Å². The van der Waals surface area contributed by atoms with Crippen molar-refractivity contribution in [3.8, 4) is 0 Å². The maximum atomic E-state index is 9.82. The number of aliphatic hydroxyl groups is 2. The number of halogens is 1. The van der Waals surface area contributed by atoms with Gasteiger partial charge in [0, 0.05) is 10.9 Å². The Labute approximate surface area is 91.5 Å². The maximum absolute atomic E-state index is 9.82. The van der Waals surface area contributed by atoms with E-state index in [1.165, 1.54) is 0 Å². The van der Waals surface area contributed by atoms with E-state index in [0.29, 0.717) is 5.56 Å². The molecule has 0 spiro atoms. The Bertz CT molecular complexity index is 457. The highest BCUT2D eigenvalue weighted by atomic mass is 35.5. The molecule has 0 aliphatic carbocycles. The van der Waals surface area contributed by atoms with Gasteiger partial charge >= 0.3 is 0 Å². The zero-order valence-corrected chi connectivity index (χ0v) is 8.65. The highest BCUT2D eigenvalue weighted by Crippen LogP contribution is 2.24. The molecule has 1 aromatic carbocycles. The smallest absolute Gasteiger partial charge is 0.108 e. The first kappa shape index (κ1) is 10.4. The quantitative estimate of drug-likeness (QED) is 0.689. The van der Waals surface area contributed by atoms with Crippen molar-refractivity contribution in [2.75, 3.05) is 5.88 Å². The van der Waals surface area contributed by atoms with Gasteiger partial charge in [-0.1, -0.05) is 18.2 Å². The summed E-state index contributed by atoms with van der Waals surface area (Å²) >= 11 is 5.49. The number of benzene rings is 1. The third-order valence-corrected chi connectivity index (χ3v) is 2.67. The van der Waals surface area contributed by atoms with Crippen LogP contribution in [0.15, 0.2) is 24.4 Å². The summed E-state index contributed by atoms with van der Waals surface area (Å²) in [5.41, 5.74) is 1.34. The standard InChI is InChI=1S/C10H11ClN2O2/c11-4-8(14)10(15)7-3-1-2-6-5-12-13-9(6)7/h1-3,5,8,10,14-15H,4H2,(H,12,13). The summed E-state index contributed by atoms with van der Waals surface area (Å²) in [5.74, 6) is -0.00824. The van der Waals surface area contributed by atoms with Crippen LogP contribution in [0.1, 0.15) is 11.7 Å². The lowest BCUT2D eigenvalue weighted by Crippen LogP contribution is -2.19. The molecular weight excluding hydrogens is 216 g/mol. The molecule has 0 fully saturated rings. The Morgan fingerprint density at radius 3 is 2.93 bits per heavy atom. The van der Waals surface area contributed by atoms with Gasteiger partial charge in [0.15, 0.2) is 0 Å². The lowest BCUT2D eigenvalue weighted by atomic mass is 10.0. The highest BCUT2D eigenvalue weighted by Gasteiger charge is 2.19. The summed E-state index contributed by atoms with van der Waals surface area (Å²) in [6, 6.07) is 5.42. The molecule has 80 valence electrons. The minimum absolute atomic E-state index is 0.00824. The molecule has 1 aromatic heterocycles. The summed E-state index contributed by atoms with van der Waals surface area (Å²) in [5, 5.41) is 26.8. The van der Waals surface area contributed by atoms with Crippen LogP contribution < -0.4 is 0 Å². The van der Waals surface area contributed by atoms with E-state index in [9.17, 15) is 10.2 Å². The predicted molar refractivity (Wildman–Crippen MR) is 57.8 cm³/mol. The highest BCUT2D eigenvalue weighted by molar-refractivity contribution is 6.18. The van der Waals surface area contributed by atoms with Gasteiger partial charge in [-0.3, -0.25) is 5.10 Å². The molecule has 5 heteroatoms. The third-order valence-electron chi connectivity index (χ3n) is 2.35. The number of nitrogens with zero attached hydrogens (tertiary/aromatic N) is 1. The molecule has 0 bridgehead atoms. The number of hydrogen-bond acceptors (Lipinski definition) is 3. The zero-order chi connectivity index (χ0) is 10.8. The number of fused-ring (bicyclic) bond motifs is 1. The fourth-order valence-electron chi connectivity index (χ4n) is 1.53. The van der Waals surface area contributed by atoms with Crippen LogP contribution in [0.5, 0.6) is 0 Å². The van der Waals surface area contributed by atoms with Gasteiger partial charge in [0.05, 0.1) is 23.7 Å². The normalized spacial score (nSPS) is 15.4. The summed E-state index contributed by atoms with van der Waals surface area (Å²) in [6.07, 6.45) is -0.300. The van der Waals surface area contributed by atoms with E-state index in [4.69, 9.17) is 11.6 Å². The number of H-pyrrole nitrogens is 1. The number of alkyl halides is 1. The molecule has 0 aliphatic heterocycles. The Balaban J connectivity index is 2.46. The Hall–Kier alpha value is -1.10. The van der Waals surface area contributed by atoms with E-state index in [0.717, 1.165) is 10.9 Å². The number of aromatic nitrogens is 2. The second-order valence-corrected chi connectivity index (χ2v) is 3.66. The summed E-state index contributed by atoms with van der Waals surface area (Å²) < 4.78 is 0. The van der Waals surface area contributed by atoms with Gasteiger partial charge in [-0.05, 0) is 0 Å². The molecule has 1 heterocycles. The van der Waals surface area contributed by atoms with Crippen LogP contribution in [0, 0.1) is 0 Å². The van der Waals surface area contributed by atoms with Crippen molar-refractivity contribution >= 4 is 22.5 Å². The number of aromatic amines is 1. The predicted octanol–water partition coefficient (Wildman–Crippen LogP) is 1.20. The van der Waals surface area contributed by atoms with E-state index < -0.39 is 12.2 Å². The number of hydrogen-bond donors (Lipinski definition) is 3. The SMILES string of the molecule is OC(CCl)C(O)c1cccc2cn[nH]c12. The number of rotatable bonds is 3. The number of aliphatic hydroxyl groups excluding tert-OH is 2. The van der Waals surface area contributed by atoms with E-state index >= 15 is 0 Å². The van der Waals surface area contributed by atoms with E-state index in [2.05, 4.69) is 10.2 Å². The molecule has 2 atom stereocenters. The maximum Gasteiger partial charge on any atom is 0.108 e. The Morgan fingerprint density at radius 2 is 2.20 bits per heavy atom. The van der Waals surface area contributed by atoms with Crippen LogP contribution in [0.2, 0.25) is 0 Å². The molecule has 0 amide bonds. The van der Waals surface area contributed by atoms with Crippen molar-refractivity contribution in [2.24, 2.45) is 0 Å². The van der Waals surface area contributed by atoms with Crippen molar-refractivity contribution in [1.82, 2.24) is 10.2 Å². The molecule has 4 nitrogen and oxygen atoms in total. The van der Waals surface area contributed by atoms with Crippen LogP contribution in [-0.4, -0.2) is 32.4 Å². The minimum atomic E-state index is -0.994. The van der Waals surface area contributed by atoms with Gasteiger partial charge in [0.25, 0.3) is 0 Å². The monoisotopic (exact) mass is 226 g/mol. The van der Waals surface area contributed by atoms with Crippen LogP contribution in [0.3, 0.4) is 0 Å². The van der Waals surface area contributed by atoms with Crippen LogP contribution >= 0.6 is 11.6 Å². The van der Waals surface area contributed by atoms with Gasteiger partial charge in [0.1, 0.15) is 6.10 Å². The lowest BCUT2D eigenvalue weighted by Gasteiger charge is -2.16. The van der Waals surface area contributed by atoms with Crippen molar-refractivity contribution in [2.45, 2.75) is 12.2 Å². The fraction of sp³-hybridized carbons (Fsp3) is 0.300. The number of nitrogens with one attached hydrogen (secondary N) is 1. The molecule has 3 N–H and O–H groups in total. The molecule has 0 radical (unpaired) electrons. The first-order valence-electron chi connectivity index (χ1n) is 4.58. The molecule has 15 heavy (non-hydrogen) atoms. The van der Waals surface area contributed by atoms with Gasteiger partial charge in [-0.2, -0.15) is 5.10 Å². The molecule has 2 rings (SSSR count). The van der Waals surface area contributed by atoms with E-state index in [1.54, 1.807) is 18.3 Å². The topological polar surface area (TPSA) is 69.1 Å². The van der Waals surface area contributed by atoms with Crippen molar-refractivity contribution in [1.29, 1.82) is 0 Å². The second-order valence-electron chi connectivity index (χ2n) is 3.35. The second kappa shape index (κ2) is 4.18. The zero-order valence-electron chi connectivity index (χ0n) is 7.89. The minimum Gasteiger partial charge on any atom is -0.389 e. The Morgan fingerprint density at radius 1 is 1.40 bits per heavy atom. The summed E-state index contributed by atoms with van der Waals surface area (Å²) in [6.45, 7) is 0. The molecule has 2 unspecified atom stereocenters. The molecule has 0 saturated heterocycles. The average molecular weight is 227 g/mol. The molecule has 0 aliphatic rings. The fourth-order valence-corrected chi connectivity index (χ4v) is 1.70. The van der Waals surface area contributed by atoms with Crippen molar-refractivity contribution in [3.05, 3.63) is 30.0 Å². The van der Waals surface area contributed by atoms with Crippen molar-refractivity contribution < 1.29 is 10.2 Å². The molecule has 0 saturated carbocycles. The van der Waals surface area contributed by atoms with Gasteiger partial charge < -0.3 is 10.2 Å². The first-order valence-corrected chi connectivity index (χ1v) is 5.11. The molecular formula is C10H11ClN2O2. The van der Waals surface area contributed by atoms with Gasteiger partial charge in [0.2, 0.25) is 0 Å². The largest absolute Gasteiger partial charge is 0.389 e. The van der Waals surface area contributed by atoms with Crippen LogP contribution in [0.4, 0.5) is 0 Å². The number of para-hydroxylation sites is 1. The van der Waals surface area contributed by atoms with E-state index in [1.807, 2.05) is 6.07 Å². The molecule has 2 aromatic rings. The lowest BCUT2D eigenvalue weighted by molar-refractivity contribution is 0.0335. The first-order chi connectivity index (χ1) is 7.24. The average Bonchev–Trinajstić information content (AvgIpc) is 2.74. The van der Waals surface area contributed by atoms with Crippen LogP contribution in [0.25, 0.3) is 10.9 Å². The Kier molecular flexibility index (Phi) is 2.90.